The first-order valence-electron chi connectivity index (χ1n) is 7.24. The zero-order valence-electron chi connectivity index (χ0n) is 13.7. The predicted molar refractivity (Wildman–Crippen MR) is 81.9 cm³/mol. The fraction of sp³-hybridized carbons (Fsp3) is 0.500. The maximum Gasteiger partial charge on any atom is 0.408 e. The van der Waals surface area contributed by atoms with Crippen LogP contribution in [0.3, 0.4) is 0 Å². The van der Waals surface area contributed by atoms with Gasteiger partial charge < -0.3 is 15.4 Å². The minimum Gasteiger partial charge on any atom is -0.444 e. The van der Waals surface area contributed by atoms with E-state index in [-0.39, 0.29) is 6.54 Å². The fourth-order valence-electron chi connectivity index (χ4n) is 2.08. The lowest BCUT2D eigenvalue weighted by Gasteiger charge is -2.35. The first-order valence-corrected chi connectivity index (χ1v) is 7.24. The first-order chi connectivity index (χ1) is 11.1. The second-order valence-electron chi connectivity index (χ2n) is 6.14. The van der Waals surface area contributed by atoms with E-state index in [0.29, 0.717) is 0 Å². The quantitative estimate of drug-likeness (QED) is 0.615. The lowest BCUT2D eigenvalue weighted by molar-refractivity contribution is 0.00353. The van der Waals surface area contributed by atoms with Crippen molar-refractivity contribution in [2.24, 2.45) is 0 Å². The normalized spacial score (nSPS) is 13.9. The Morgan fingerprint density at radius 2 is 1.96 bits per heavy atom. The minimum absolute atomic E-state index is 0.237. The highest BCUT2D eigenvalue weighted by atomic mass is 19.3. The van der Waals surface area contributed by atoms with Crippen LogP contribution < -0.4 is 10.6 Å². The maximum atomic E-state index is 14.1. The Morgan fingerprint density at radius 3 is 2.46 bits per heavy atom. The highest BCUT2D eigenvalue weighted by molar-refractivity contribution is 5.69. The molecule has 0 aliphatic carbocycles. The molecule has 1 aromatic rings. The van der Waals surface area contributed by atoms with Gasteiger partial charge in [0.15, 0.2) is 0 Å². The number of rotatable bonds is 6. The highest BCUT2D eigenvalue weighted by Crippen LogP contribution is 2.30. The highest BCUT2D eigenvalue weighted by Gasteiger charge is 2.45. The molecule has 1 amide bonds. The van der Waals surface area contributed by atoms with Crippen LogP contribution in [0.4, 0.5) is 18.0 Å². The van der Waals surface area contributed by atoms with Gasteiger partial charge in [0.2, 0.25) is 0 Å². The molecular weight excluding hydrogens is 323 g/mol. The number of hydrogen-bond acceptors (Lipinski definition) is 4. The van der Waals surface area contributed by atoms with E-state index >= 15 is 0 Å². The van der Waals surface area contributed by atoms with E-state index < -0.39 is 41.6 Å². The van der Waals surface area contributed by atoms with E-state index in [1.807, 2.05) is 0 Å². The number of carbonyl (C=O) groups is 1. The minimum atomic E-state index is -3.15. The summed E-state index contributed by atoms with van der Waals surface area (Å²) < 4.78 is 46.9. The molecule has 0 heterocycles. The fourth-order valence-corrected chi connectivity index (χ4v) is 2.08. The Bertz CT molecular complexity index is 611. The average molecular weight is 343 g/mol. The molecule has 24 heavy (non-hydrogen) atoms. The maximum absolute atomic E-state index is 14.1. The topological polar surface area (TPSA) is 74.2 Å². The van der Waals surface area contributed by atoms with Crippen LogP contribution in [0.5, 0.6) is 0 Å². The van der Waals surface area contributed by atoms with Gasteiger partial charge in [-0.25, -0.2) is 18.0 Å². The van der Waals surface area contributed by atoms with Gasteiger partial charge in [-0.05, 0) is 26.8 Å². The van der Waals surface area contributed by atoms with E-state index in [1.165, 1.54) is 12.1 Å². The van der Waals surface area contributed by atoms with Crippen LogP contribution in [-0.2, 0) is 10.3 Å². The molecule has 0 bridgehead atoms. The van der Waals surface area contributed by atoms with Crippen LogP contribution >= 0.6 is 0 Å². The number of carbonyl (C=O) groups excluding carboxylic acids is 1. The summed E-state index contributed by atoms with van der Waals surface area (Å²) in [5, 5.41) is 13.1. The number of nitriles is 1. The third kappa shape index (κ3) is 5.13. The van der Waals surface area contributed by atoms with Gasteiger partial charge in [-0.1, -0.05) is 18.2 Å². The standard InChI is InChI=1S/C16H20F3N3O2/c1-15(2,3)24-14(23)22-16(13(18)19,10-21-9-8-20)11-6-4-5-7-12(11)17/h4-7,13,21H,9-10H2,1-3H3,(H,22,23). The number of nitrogens with zero attached hydrogens (tertiary/aromatic N) is 1. The Labute approximate surface area is 138 Å². The lowest BCUT2D eigenvalue weighted by atomic mass is 9.89. The molecule has 0 aromatic heterocycles. The monoisotopic (exact) mass is 343 g/mol. The van der Waals surface area contributed by atoms with Gasteiger partial charge in [0.05, 0.1) is 12.6 Å². The number of ether oxygens (including phenoxy) is 1. The molecule has 0 radical (unpaired) electrons. The predicted octanol–water partition coefficient (Wildman–Crippen LogP) is 2.92. The molecule has 1 atom stereocenters. The molecule has 8 heteroatoms. The molecule has 0 fully saturated rings. The van der Waals surface area contributed by atoms with Crippen LogP contribution in [0.25, 0.3) is 0 Å². The van der Waals surface area contributed by atoms with Crippen LogP contribution in [-0.4, -0.2) is 31.2 Å². The van der Waals surface area contributed by atoms with Gasteiger partial charge in [-0.15, -0.1) is 0 Å². The zero-order chi connectivity index (χ0) is 18.4. The van der Waals surface area contributed by atoms with Crippen molar-refractivity contribution in [2.45, 2.75) is 38.3 Å². The first kappa shape index (κ1) is 19.8. The lowest BCUT2D eigenvalue weighted by Crippen LogP contribution is -2.58. The zero-order valence-corrected chi connectivity index (χ0v) is 13.7. The van der Waals surface area contributed by atoms with E-state index in [1.54, 1.807) is 26.8 Å². The molecule has 0 saturated carbocycles. The second kappa shape index (κ2) is 8.02. The van der Waals surface area contributed by atoms with E-state index in [0.717, 1.165) is 12.1 Å². The Morgan fingerprint density at radius 1 is 1.33 bits per heavy atom. The molecule has 0 aliphatic rings. The van der Waals surface area contributed by atoms with Crippen molar-refractivity contribution in [3.8, 4) is 6.07 Å². The van der Waals surface area contributed by atoms with Gasteiger partial charge >= 0.3 is 6.09 Å². The number of benzene rings is 1. The van der Waals surface area contributed by atoms with Crippen molar-refractivity contribution >= 4 is 6.09 Å². The largest absolute Gasteiger partial charge is 0.444 e. The van der Waals surface area contributed by atoms with Gasteiger partial charge in [0.25, 0.3) is 6.43 Å². The van der Waals surface area contributed by atoms with Crippen molar-refractivity contribution in [2.75, 3.05) is 13.1 Å². The third-order valence-electron chi connectivity index (χ3n) is 3.06. The van der Waals surface area contributed by atoms with Crippen LogP contribution in [0.1, 0.15) is 26.3 Å². The van der Waals surface area contributed by atoms with E-state index in [9.17, 15) is 18.0 Å². The van der Waals surface area contributed by atoms with Gasteiger partial charge in [-0.3, -0.25) is 0 Å². The van der Waals surface area contributed by atoms with Crippen molar-refractivity contribution in [3.63, 3.8) is 0 Å². The molecule has 0 saturated heterocycles. The third-order valence-corrected chi connectivity index (χ3v) is 3.06. The Kier molecular flexibility index (Phi) is 6.60. The van der Waals surface area contributed by atoms with Crippen molar-refractivity contribution < 1.29 is 22.7 Å². The molecule has 1 aromatic carbocycles. The number of alkyl carbamates (subject to hydrolysis) is 1. The number of halogens is 3. The molecule has 1 unspecified atom stereocenters. The molecule has 0 spiro atoms. The number of hydrogen-bond donors (Lipinski definition) is 2. The van der Waals surface area contributed by atoms with Crippen molar-refractivity contribution in [3.05, 3.63) is 35.6 Å². The summed E-state index contributed by atoms with van der Waals surface area (Å²) in [6.45, 7) is 3.95. The summed E-state index contributed by atoms with van der Waals surface area (Å²) in [6.07, 6.45) is -4.25. The van der Waals surface area contributed by atoms with Crippen LogP contribution in [0.15, 0.2) is 24.3 Å². The smallest absolute Gasteiger partial charge is 0.408 e. The van der Waals surface area contributed by atoms with Gasteiger partial charge in [-0.2, -0.15) is 5.26 Å². The second-order valence-corrected chi connectivity index (χ2v) is 6.14. The molecule has 1 rings (SSSR count). The van der Waals surface area contributed by atoms with E-state index in [4.69, 9.17) is 10.00 Å². The number of alkyl halides is 2. The summed E-state index contributed by atoms with van der Waals surface area (Å²) in [5.41, 5.74) is -3.67. The SMILES string of the molecule is CC(C)(C)OC(=O)NC(CNCC#N)(c1ccccc1F)C(F)F. The average Bonchev–Trinajstić information content (AvgIpc) is 2.44. The molecular formula is C16H20F3N3O2. The summed E-state index contributed by atoms with van der Waals surface area (Å²) in [7, 11) is 0. The van der Waals surface area contributed by atoms with Gasteiger partial charge in [0.1, 0.15) is 17.0 Å². The molecule has 5 nitrogen and oxygen atoms in total. The summed E-state index contributed by atoms with van der Waals surface area (Å²) in [6, 6.07) is 6.66. The molecule has 2 N–H and O–H groups in total. The summed E-state index contributed by atoms with van der Waals surface area (Å²) in [4.78, 5) is 12.0. The Balaban J connectivity index is 3.25. The molecule has 132 valence electrons. The van der Waals surface area contributed by atoms with E-state index in [2.05, 4.69) is 10.6 Å². The Hall–Kier alpha value is -2.27. The summed E-state index contributed by atoms with van der Waals surface area (Å²) in [5.74, 6) is -0.896. The van der Waals surface area contributed by atoms with Crippen LogP contribution in [0.2, 0.25) is 0 Å². The van der Waals surface area contributed by atoms with Crippen molar-refractivity contribution in [1.82, 2.24) is 10.6 Å². The molecule has 0 aliphatic heterocycles. The van der Waals surface area contributed by atoms with Crippen LogP contribution in [0, 0.1) is 17.1 Å². The summed E-state index contributed by atoms with van der Waals surface area (Å²) >= 11 is 0. The van der Waals surface area contributed by atoms with Crippen molar-refractivity contribution in [1.29, 1.82) is 5.26 Å². The number of nitrogens with one attached hydrogen (secondary N) is 2. The number of amides is 1. The van der Waals surface area contributed by atoms with Gasteiger partial charge in [0, 0.05) is 12.1 Å².